The summed E-state index contributed by atoms with van der Waals surface area (Å²) in [5, 5.41) is 9.08. The van der Waals surface area contributed by atoms with E-state index in [1.165, 1.54) is 12.4 Å². The quantitative estimate of drug-likeness (QED) is 0.758. The van der Waals surface area contributed by atoms with E-state index in [0.29, 0.717) is 5.02 Å². The molecule has 0 amide bonds. The first-order valence-electron chi connectivity index (χ1n) is 4.48. The van der Waals surface area contributed by atoms with Crippen LogP contribution in [0.2, 0.25) is 5.02 Å². The molecule has 0 atom stereocenters. The van der Waals surface area contributed by atoms with Gasteiger partial charge in [0.15, 0.2) is 0 Å². The van der Waals surface area contributed by atoms with Crippen molar-refractivity contribution < 1.29 is 9.90 Å². The average Bonchev–Trinajstić information content (AvgIpc) is 2.27. The van der Waals surface area contributed by atoms with Crippen LogP contribution in [-0.2, 0) is 0 Å². The van der Waals surface area contributed by atoms with Gasteiger partial charge in [0.25, 0.3) is 0 Å². The molecule has 0 unspecified atom stereocenters. The Morgan fingerprint density at radius 3 is 2.07 bits per heavy atom. The van der Waals surface area contributed by atoms with Gasteiger partial charge in [-0.1, -0.05) is 31.5 Å². The first-order chi connectivity index (χ1) is 7.11. The van der Waals surface area contributed by atoms with E-state index in [1.54, 1.807) is 19.1 Å². The van der Waals surface area contributed by atoms with Crippen molar-refractivity contribution in [3.05, 3.63) is 34.3 Å². The molecule has 0 spiro atoms. The van der Waals surface area contributed by atoms with Crippen LogP contribution in [0, 0.1) is 6.92 Å². The number of carboxylic acid groups (broad SMARTS) is 1. The zero-order valence-electron chi connectivity index (χ0n) is 9.34. The molecular weight excluding hydrogens is 235 g/mol. The maximum atomic E-state index is 10.5. The van der Waals surface area contributed by atoms with Gasteiger partial charge in [-0.05, 0) is 24.6 Å². The van der Waals surface area contributed by atoms with Gasteiger partial charge in [-0.15, -0.1) is 11.6 Å². The number of aromatic carboxylic acids is 1. The molecule has 0 bridgehead atoms. The van der Waals surface area contributed by atoms with Crippen LogP contribution in [0.3, 0.4) is 0 Å². The van der Waals surface area contributed by atoms with E-state index in [9.17, 15) is 4.79 Å². The molecule has 86 valence electrons. The van der Waals surface area contributed by atoms with Gasteiger partial charge in [-0.25, -0.2) is 4.79 Å². The Balaban J connectivity index is 0. The molecule has 1 rings (SSSR count). The fourth-order valence-electron chi connectivity index (χ4n) is 0.825. The first kappa shape index (κ1) is 16.7. The van der Waals surface area contributed by atoms with Crippen molar-refractivity contribution in [2.24, 2.45) is 0 Å². The molecule has 1 N–H and O–H groups in total. The highest BCUT2D eigenvalue weighted by atomic mass is 35.5. The molecule has 1 aromatic carbocycles. The number of carboxylic acids is 1. The molecule has 1 aromatic rings. The smallest absolute Gasteiger partial charge is 0.336 e. The second-order valence-electron chi connectivity index (χ2n) is 2.26. The minimum absolute atomic E-state index is 0.262. The van der Waals surface area contributed by atoms with E-state index in [2.05, 4.69) is 11.6 Å². The molecular formula is C11H16Cl2O2. The van der Waals surface area contributed by atoms with Crippen LogP contribution in [0.1, 0.15) is 29.8 Å². The molecule has 0 aliphatic heterocycles. The van der Waals surface area contributed by atoms with E-state index in [0.717, 1.165) is 5.56 Å². The van der Waals surface area contributed by atoms with E-state index in [4.69, 9.17) is 16.7 Å². The zero-order chi connectivity index (χ0) is 12.4. The third-order valence-corrected chi connectivity index (χ3v) is 1.67. The van der Waals surface area contributed by atoms with Crippen LogP contribution in [0.25, 0.3) is 0 Å². The van der Waals surface area contributed by atoms with Crippen molar-refractivity contribution in [1.29, 1.82) is 0 Å². The number of aryl methyl sites for hydroxylation is 1. The molecule has 0 heterocycles. The van der Waals surface area contributed by atoms with Crippen LogP contribution in [-0.4, -0.2) is 17.5 Å². The van der Waals surface area contributed by atoms with Crippen molar-refractivity contribution >= 4 is 29.2 Å². The number of rotatable bonds is 1. The number of alkyl halides is 1. The minimum Gasteiger partial charge on any atom is -0.478 e. The molecule has 15 heavy (non-hydrogen) atoms. The molecule has 0 saturated heterocycles. The number of hydrogen-bond donors (Lipinski definition) is 1. The van der Waals surface area contributed by atoms with Gasteiger partial charge in [-0.2, -0.15) is 0 Å². The molecule has 0 aromatic heterocycles. The lowest BCUT2D eigenvalue weighted by Crippen LogP contribution is -1.98. The molecule has 2 nitrogen and oxygen atoms in total. The van der Waals surface area contributed by atoms with Gasteiger partial charge in [0.1, 0.15) is 0 Å². The van der Waals surface area contributed by atoms with E-state index in [1.807, 2.05) is 13.8 Å². The highest BCUT2D eigenvalue weighted by Gasteiger charge is 2.05. The third-order valence-electron chi connectivity index (χ3n) is 1.43. The summed E-state index contributed by atoms with van der Waals surface area (Å²) in [5.41, 5.74) is 0.986. The predicted molar refractivity (Wildman–Crippen MR) is 66.3 cm³/mol. The van der Waals surface area contributed by atoms with Gasteiger partial charge < -0.3 is 5.11 Å². The Morgan fingerprint density at radius 2 is 1.73 bits per heavy atom. The van der Waals surface area contributed by atoms with Crippen LogP contribution < -0.4 is 0 Å². The van der Waals surface area contributed by atoms with Crippen molar-refractivity contribution in [3.8, 4) is 0 Å². The normalized spacial score (nSPS) is 7.87. The van der Waals surface area contributed by atoms with Crippen LogP contribution in [0.5, 0.6) is 0 Å². The highest BCUT2D eigenvalue weighted by molar-refractivity contribution is 6.30. The summed E-state index contributed by atoms with van der Waals surface area (Å²) in [7, 11) is 0. The first-order valence-corrected chi connectivity index (χ1v) is 5.62. The van der Waals surface area contributed by atoms with E-state index in [-0.39, 0.29) is 5.56 Å². The molecule has 0 aliphatic rings. The summed E-state index contributed by atoms with van der Waals surface area (Å²) in [6.45, 7) is 5.74. The number of halogens is 2. The Morgan fingerprint density at radius 1 is 1.27 bits per heavy atom. The van der Waals surface area contributed by atoms with Gasteiger partial charge in [0, 0.05) is 11.4 Å². The summed E-state index contributed by atoms with van der Waals surface area (Å²) >= 11 is 10.2. The van der Waals surface area contributed by atoms with Crippen molar-refractivity contribution in [3.63, 3.8) is 0 Å². The van der Waals surface area contributed by atoms with Gasteiger partial charge in [-0.3, -0.25) is 0 Å². The highest BCUT2D eigenvalue weighted by Crippen LogP contribution is 2.14. The summed E-state index contributed by atoms with van der Waals surface area (Å²) < 4.78 is 0. The zero-order valence-corrected chi connectivity index (χ0v) is 10.9. The second kappa shape index (κ2) is 9.81. The van der Waals surface area contributed by atoms with Crippen molar-refractivity contribution in [2.75, 3.05) is 6.38 Å². The molecule has 0 fully saturated rings. The lowest BCUT2D eigenvalue weighted by atomic mass is 10.1. The standard InChI is InChI=1S/C8H7ClO2.C2H6.CH3Cl/c1-5-2-3-6(9)4-7(5)8(10)11;2*1-2/h2-4H,1H3,(H,10,11);1-2H3;1H3. The number of benzene rings is 1. The second-order valence-corrected chi connectivity index (χ2v) is 2.70. The predicted octanol–water partition coefficient (Wildman–Crippen LogP) is 4.23. The summed E-state index contributed by atoms with van der Waals surface area (Å²) in [4.78, 5) is 10.5. The summed E-state index contributed by atoms with van der Waals surface area (Å²) in [5.74, 6) is -0.940. The average molecular weight is 251 g/mol. The molecule has 0 aliphatic carbocycles. The molecule has 0 radical (unpaired) electrons. The fourth-order valence-corrected chi connectivity index (χ4v) is 0.997. The van der Waals surface area contributed by atoms with Gasteiger partial charge >= 0.3 is 5.97 Å². The van der Waals surface area contributed by atoms with E-state index >= 15 is 0 Å². The molecule has 0 saturated carbocycles. The van der Waals surface area contributed by atoms with Crippen LogP contribution in [0.15, 0.2) is 18.2 Å². The van der Waals surface area contributed by atoms with E-state index < -0.39 is 5.97 Å². The number of hydrogen-bond acceptors (Lipinski definition) is 1. The Hall–Kier alpha value is -0.730. The van der Waals surface area contributed by atoms with Crippen LogP contribution in [0.4, 0.5) is 0 Å². The lowest BCUT2D eigenvalue weighted by Gasteiger charge is -1.99. The number of carbonyl (C=O) groups is 1. The largest absolute Gasteiger partial charge is 0.478 e. The Bertz CT molecular complexity index is 299. The van der Waals surface area contributed by atoms with Crippen LogP contribution >= 0.6 is 23.2 Å². The third kappa shape index (κ3) is 6.37. The molecule has 4 heteroatoms. The maximum Gasteiger partial charge on any atom is 0.336 e. The van der Waals surface area contributed by atoms with Crippen molar-refractivity contribution in [1.82, 2.24) is 0 Å². The SMILES string of the molecule is CC.CCl.Cc1ccc(Cl)cc1C(=O)O. The monoisotopic (exact) mass is 250 g/mol. The topological polar surface area (TPSA) is 37.3 Å². The maximum absolute atomic E-state index is 10.5. The lowest BCUT2D eigenvalue weighted by molar-refractivity contribution is 0.0696. The Labute approximate surface area is 101 Å². The fraction of sp³-hybridized carbons (Fsp3) is 0.364. The Kier molecular flexibility index (Phi) is 10.9. The summed E-state index contributed by atoms with van der Waals surface area (Å²) in [6.07, 6.45) is 1.47. The van der Waals surface area contributed by atoms with Gasteiger partial charge in [0.2, 0.25) is 0 Å². The minimum atomic E-state index is -0.940. The van der Waals surface area contributed by atoms with Crippen molar-refractivity contribution in [2.45, 2.75) is 20.8 Å². The summed E-state index contributed by atoms with van der Waals surface area (Å²) in [6, 6.07) is 4.80. The van der Waals surface area contributed by atoms with Gasteiger partial charge in [0.05, 0.1) is 5.56 Å².